The normalized spacial score (nSPS) is 10.3. The van der Waals surface area contributed by atoms with Gasteiger partial charge in [-0.2, -0.15) is 34.4 Å². The lowest BCUT2D eigenvalue weighted by Gasteiger charge is -2.06. The number of carbonyl (C=O) groups excluding carboxylic acids is 4. The van der Waals surface area contributed by atoms with Gasteiger partial charge in [-0.3, -0.25) is 80.7 Å². The molecule has 111 heavy (non-hydrogen) atoms. The molecule has 4 heterocycles. The average Bonchev–Trinajstić information content (AvgIpc) is 1.65. The van der Waals surface area contributed by atoms with Gasteiger partial charge in [0.2, 0.25) is 0 Å². The highest BCUT2D eigenvalue weighted by Crippen LogP contribution is 2.32. The first-order valence-corrected chi connectivity index (χ1v) is 30.9. The molecule has 0 saturated carbocycles. The number of non-ortho nitro benzene ring substituents is 3. The minimum absolute atomic E-state index is 0.000139. The molecule has 12 rings (SSSR count). The molecule has 0 amide bonds. The van der Waals surface area contributed by atoms with Crippen molar-refractivity contribution in [3.8, 4) is 5.75 Å². The topological polar surface area (TPSA) is 515 Å². The lowest BCUT2D eigenvalue weighted by atomic mass is 10.1. The summed E-state index contributed by atoms with van der Waals surface area (Å²) in [6, 6.07) is 23.3. The number of esters is 1. The molecule has 0 unspecified atom stereocenters. The second-order valence-corrected chi connectivity index (χ2v) is 21.6. The number of nitrogens with two attached hydrogens (primary N) is 1. The Morgan fingerprint density at radius 1 is 0.414 bits per heavy atom. The third-order valence-electron chi connectivity index (χ3n) is 14.4. The number of nitro benzene ring substituents is 7. The average molecular weight is 1560 g/mol. The maximum Gasteiger partial charge on any atom is 0.435 e. The molecule has 12 aromatic rings. The number of nitrogens with one attached hydrogen (secondary N) is 1. The van der Waals surface area contributed by atoms with Crippen molar-refractivity contribution in [3.63, 3.8) is 0 Å². The Morgan fingerprint density at radius 2 is 0.766 bits per heavy atom. The number of aromatic amines is 1. The first-order chi connectivity index (χ1) is 52.4. The minimum Gasteiger partial charge on any atom is -0.448 e. The Balaban J connectivity index is 0.000000206. The van der Waals surface area contributed by atoms with Gasteiger partial charge in [0.25, 0.3) is 39.8 Å². The van der Waals surface area contributed by atoms with Gasteiger partial charge >= 0.3 is 24.2 Å². The number of benzene rings is 8. The number of rotatable bonds is 13. The van der Waals surface area contributed by atoms with E-state index in [0.717, 1.165) is 81.0 Å². The molecule has 578 valence electrons. The predicted octanol–water partition coefficient (Wildman–Crippen LogP) is 14.7. The van der Waals surface area contributed by atoms with Crippen LogP contribution in [0.4, 0.5) is 90.6 Å². The number of H-pyrrole nitrogens is 1. The van der Waals surface area contributed by atoms with E-state index in [0.29, 0.717) is 50.9 Å². The summed E-state index contributed by atoms with van der Waals surface area (Å²) in [6.45, 7) is 9.54. The van der Waals surface area contributed by atoms with Crippen molar-refractivity contribution in [1.29, 1.82) is 0 Å². The number of nitrogen functional groups attached to an aromatic ring is 1. The van der Waals surface area contributed by atoms with Gasteiger partial charge in [-0.15, -0.1) is 0 Å². The molecule has 0 atom stereocenters. The number of halogens is 7. The lowest BCUT2D eigenvalue weighted by Crippen LogP contribution is -2.15. The first kappa shape index (κ1) is 84.6. The fourth-order valence-electron chi connectivity index (χ4n) is 9.39. The molecule has 0 radical (unpaired) electrons. The Bertz CT molecular complexity index is 5440. The van der Waals surface area contributed by atoms with Gasteiger partial charge in [0.15, 0.2) is 0 Å². The van der Waals surface area contributed by atoms with Crippen molar-refractivity contribution in [2.45, 2.75) is 48.0 Å². The minimum atomic E-state index is -0.992. The van der Waals surface area contributed by atoms with E-state index in [9.17, 15) is 121 Å². The van der Waals surface area contributed by atoms with Crippen molar-refractivity contribution in [2.75, 3.05) is 25.6 Å². The second kappa shape index (κ2) is 38.1. The van der Waals surface area contributed by atoms with Crippen molar-refractivity contribution in [3.05, 3.63) is 280 Å². The number of nitrogens with zero attached hydrogens (tertiary/aromatic N) is 14. The fourth-order valence-corrected chi connectivity index (χ4v) is 9.39. The van der Waals surface area contributed by atoms with Crippen LogP contribution in [0.25, 0.3) is 43.6 Å². The van der Waals surface area contributed by atoms with Gasteiger partial charge in [-0.1, -0.05) is 18.2 Å². The zero-order valence-corrected chi connectivity index (χ0v) is 57.7. The van der Waals surface area contributed by atoms with Crippen LogP contribution in [0.1, 0.15) is 43.0 Å². The summed E-state index contributed by atoms with van der Waals surface area (Å²) in [4.78, 5) is 115. The van der Waals surface area contributed by atoms with Crippen molar-refractivity contribution in [1.82, 2.24) is 39.5 Å². The molecule has 0 aliphatic carbocycles. The molecular formula is C66H53F7N16O22. The van der Waals surface area contributed by atoms with Crippen LogP contribution < -0.4 is 10.5 Å². The van der Waals surface area contributed by atoms with Crippen molar-refractivity contribution >= 4 is 113 Å². The third kappa shape index (κ3) is 22.1. The summed E-state index contributed by atoms with van der Waals surface area (Å²) in [5.74, 6) is -5.27. The lowest BCUT2D eigenvalue weighted by molar-refractivity contribution is -0.395. The number of hydrogen-bond donors (Lipinski definition) is 2. The zero-order valence-electron chi connectivity index (χ0n) is 57.7. The van der Waals surface area contributed by atoms with E-state index in [1.54, 1.807) is 58.0 Å². The van der Waals surface area contributed by atoms with Crippen LogP contribution in [0.2, 0.25) is 0 Å². The van der Waals surface area contributed by atoms with Crippen LogP contribution in [0.3, 0.4) is 0 Å². The van der Waals surface area contributed by atoms with Crippen molar-refractivity contribution < 1.29 is 103 Å². The summed E-state index contributed by atoms with van der Waals surface area (Å²) in [5, 5.41) is 91.5. The third-order valence-corrected chi connectivity index (χ3v) is 14.4. The van der Waals surface area contributed by atoms with E-state index in [2.05, 4.69) is 25.5 Å². The van der Waals surface area contributed by atoms with E-state index >= 15 is 0 Å². The number of para-hydroxylation sites is 1. The van der Waals surface area contributed by atoms with E-state index in [1.807, 2.05) is 0 Å². The number of ether oxygens (including phenoxy) is 4. The fraction of sp³-hybridized carbons (Fsp3) is 0.152. The smallest absolute Gasteiger partial charge is 0.435 e. The quantitative estimate of drug-likeness (QED) is 0.0206. The van der Waals surface area contributed by atoms with Crippen LogP contribution in [0, 0.1) is 132 Å². The molecule has 0 saturated heterocycles. The van der Waals surface area contributed by atoms with E-state index in [-0.39, 0.29) is 81.9 Å². The van der Waals surface area contributed by atoms with Gasteiger partial charge in [0.05, 0.1) is 166 Å². The maximum atomic E-state index is 13.9. The molecule has 0 fully saturated rings. The Hall–Kier alpha value is -15.4. The van der Waals surface area contributed by atoms with Crippen LogP contribution in [-0.4, -0.2) is 118 Å². The highest BCUT2D eigenvalue weighted by atomic mass is 19.2. The number of fused-ring (bicyclic) bond motifs is 4. The molecule has 45 heteroatoms. The van der Waals surface area contributed by atoms with Gasteiger partial charge < -0.3 is 24.7 Å². The largest absolute Gasteiger partial charge is 0.448 e. The molecule has 0 aliphatic rings. The summed E-state index contributed by atoms with van der Waals surface area (Å²) in [7, 11) is 0. The number of aromatic nitrogens is 8. The summed E-state index contributed by atoms with van der Waals surface area (Å²) in [6.07, 6.45) is 2.47. The zero-order chi connectivity index (χ0) is 82.4. The van der Waals surface area contributed by atoms with Crippen LogP contribution in [-0.2, 0) is 25.4 Å². The van der Waals surface area contributed by atoms with Crippen LogP contribution in [0.5, 0.6) is 5.75 Å². The van der Waals surface area contributed by atoms with E-state index < -0.39 is 122 Å². The summed E-state index contributed by atoms with van der Waals surface area (Å²) < 4.78 is 113. The Kier molecular flexibility index (Phi) is 29.0. The summed E-state index contributed by atoms with van der Waals surface area (Å²) >= 11 is 0. The van der Waals surface area contributed by atoms with Crippen LogP contribution in [0.15, 0.2) is 146 Å². The molecule has 0 aliphatic heterocycles. The van der Waals surface area contributed by atoms with Gasteiger partial charge in [-0.25, -0.2) is 45.1 Å². The number of aryl methyl sites for hydroxylation is 1. The molecule has 38 nitrogen and oxygen atoms in total. The number of nitro groups is 7. The summed E-state index contributed by atoms with van der Waals surface area (Å²) in [5.41, 5.74) is 4.17. The molecule has 0 spiro atoms. The first-order valence-electron chi connectivity index (χ1n) is 30.9. The molecule has 0 bridgehead atoms. The number of carbonyl (C=O) groups is 4. The van der Waals surface area contributed by atoms with E-state index in [1.165, 1.54) is 50.5 Å². The highest BCUT2D eigenvalue weighted by Gasteiger charge is 2.26. The Morgan fingerprint density at radius 3 is 1.18 bits per heavy atom. The van der Waals surface area contributed by atoms with E-state index in [4.69, 9.17) is 24.7 Å². The van der Waals surface area contributed by atoms with Crippen LogP contribution >= 0.6 is 0 Å². The molecule has 3 N–H and O–H groups in total. The molecule has 8 aromatic carbocycles. The second-order valence-electron chi connectivity index (χ2n) is 21.6. The standard InChI is InChI=1S/C18H15FN2O4.2C10H8FN3O4.C7H4FN3O2.C7H5FN2O4.C7H7FN2O2.C7H6FNO2/c1-2-24-18(23)21-16-10-13(19)8-12(15(16)11-20-21)9-17(22)25-14-6-4-3-5-7-14;2*1-2-18-10(15)13-8-3-6(11)4-9(14(16)17)7(8)5-12-13;8-4-1-6-5(3-9-10-6)7(2-4)11(12)13;1-4-6(9(11)12)2-5(8)3-7(4)10(13)14;1-4-6(9)2-5(8)3-7(4)10(11)12;1-5-2-3-6(8)4-7(5)9(10)11/h3-8,10-11H,2,9H2,1H3;2*3-5H,2H2,1H3;1-3H,(H,9,10);2-3H,1H3;2-3H,9H2,1H3;2-4H,1H3. The monoisotopic (exact) mass is 1550 g/mol. The highest BCUT2D eigenvalue weighted by molar-refractivity contribution is 5.95. The Labute approximate surface area is 613 Å². The number of anilines is 1. The predicted molar refractivity (Wildman–Crippen MR) is 373 cm³/mol. The maximum absolute atomic E-state index is 13.9. The van der Waals surface area contributed by atoms with Gasteiger partial charge in [0.1, 0.15) is 52.0 Å². The van der Waals surface area contributed by atoms with Gasteiger partial charge in [-0.05, 0) is 83.5 Å². The van der Waals surface area contributed by atoms with Crippen molar-refractivity contribution in [2.24, 2.45) is 0 Å². The number of hydrogen-bond acceptors (Lipinski definition) is 27. The van der Waals surface area contributed by atoms with Gasteiger partial charge in [0, 0.05) is 46.5 Å². The SMILES string of the molecule is CCOC(=O)n1ncc2c(CC(=O)Oc3ccccc3)cc(F)cc21.CCOC(=O)n1ncc2c([N+](=O)[O-])cc(F)cc21.CCOC(=O)n1ncc2c([N+](=O)[O-])cc(F)cc21.Cc1c(N)cc(F)cc1[N+](=O)[O-].Cc1c([N+](=O)[O-])cc(F)cc1[N+](=O)[O-].Cc1ccc(F)cc1[N+](=O)[O-].O=[N+]([O-])c1cc(F)cc2[nH]ncc12. The molecule has 4 aromatic heterocycles. The molecular weight excluding hydrogens is 1500 g/mol.